The van der Waals surface area contributed by atoms with Crippen molar-refractivity contribution in [2.24, 2.45) is 44.8 Å². The van der Waals surface area contributed by atoms with Gasteiger partial charge in [0.25, 0.3) is 5.91 Å². The summed E-state index contributed by atoms with van der Waals surface area (Å²) in [6.45, 7) is 26.0. The number of aromatic nitrogens is 6. The zero-order valence-electron chi connectivity index (χ0n) is 32.0. The van der Waals surface area contributed by atoms with Crippen LogP contribution in [0.25, 0.3) is 20.9 Å². The molecule has 6 atom stereocenters. The predicted molar refractivity (Wildman–Crippen MR) is 196 cm³/mol. The van der Waals surface area contributed by atoms with Gasteiger partial charge in [0, 0.05) is 47.9 Å². The van der Waals surface area contributed by atoms with Crippen molar-refractivity contribution in [1.82, 2.24) is 29.6 Å². The highest BCUT2D eigenvalue weighted by atomic mass is 16.5. The Morgan fingerprint density at radius 2 is 1.33 bits per heavy atom. The number of hydrogen-bond donors (Lipinski definition) is 1. The molecule has 0 unspecified atom stereocenters. The lowest BCUT2D eigenvalue weighted by atomic mass is 9.58. The van der Waals surface area contributed by atoms with Crippen LogP contribution in [0.1, 0.15) is 76.9 Å². The third-order valence-electron chi connectivity index (χ3n) is 12.6. The molecule has 54 heavy (non-hydrogen) atoms. The van der Waals surface area contributed by atoms with Crippen LogP contribution in [0.5, 0.6) is 0 Å². The van der Waals surface area contributed by atoms with E-state index in [1.54, 1.807) is 51.1 Å². The smallest absolute Gasteiger partial charge is 0.330 e. The van der Waals surface area contributed by atoms with E-state index in [-0.39, 0.29) is 52.5 Å². The van der Waals surface area contributed by atoms with Gasteiger partial charge in [0.1, 0.15) is 11.4 Å². The first-order valence-corrected chi connectivity index (χ1v) is 18.1. The summed E-state index contributed by atoms with van der Waals surface area (Å²) >= 11 is 0. The average molecular weight is 733 g/mol. The van der Waals surface area contributed by atoms with Crippen LogP contribution in [0.15, 0.2) is 35.9 Å². The highest BCUT2D eigenvalue weighted by Crippen LogP contribution is 2.53. The molecule has 4 heterocycles. The molecule has 1 aliphatic heterocycles. The monoisotopic (exact) mass is 732 g/mol. The molecule has 0 aromatic carbocycles. The number of allylic oxidation sites excluding steroid dienone is 4. The van der Waals surface area contributed by atoms with E-state index >= 15 is 0 Å². The van der Waals surface area contributed by atoms with Crippen molar-refractivity contribution in [2.75, 3.05) is 4.90 Å². The molecular formula is C39H44N10O5. The fraction of sp³-hybridized carbons (Fsp3) is 0.513. The maximum Gasteiger partial charge on any atom is 0.330 e. The number of Topliss-reactive ketones (excluding diaryl/α,β-unsaturated/α-hetero) is 2. The van der Waals surface area contributed by atoms with E-state index in [4.69, 9.17) is 18.2 Å². The van der Waals surface area contributed by atoms with Crippen LogP contribution < -0.4 is 15.1 Å². The zero-order valence-corrected chi connectivity index (χ0v) is 32.0. The first kappa shape index (κ1) is 36.5. The van der Waals surface area contributed by atoms with Crippen LogP contribution in [0, 0.1) is 42.0 Å². The highest BCUT2D eigenvalue weighted by Gasteiger charge is 2.54. The summed E-state index contributed by atoms with van der Waals surface area (Å²) in [5.41, 5.74) is 3.73. The number of nitrogens with zero attached hydrogens (tertiary/aromatic N) is 9. The van der Waals surface area contributed by atoms with E-state index in [1.807, 2.05) is 38.6 Å². The van der Waals surface area contributed by atoms with Crippen LogP contribution in [0.4, 0.5) is 10.6 Å². The molecule has 3 amide bonds. The molecule has 15 heteroatoms. The van der Waals surface area contributed by atoms with Gasteiger partial charge in [-0.1, -0.05) is 44.7 Å². The fourth-order valence-electron chi connectivity index (χ4n) is 9.82. The van der Waals surface area contributed by atoms with Gasteiger partial charge in [-0.25, -0.2) is 19.4 Å². The van der Waals surface area contributed by atoms with Crippen LogP contribution in [0.3, 0.4) is 0 Å². The number of urea groups is 1. The Bertz CT molecular complexity index is 2320. The molecule has 3 aromatic heterocycles. The maximum atomic E-state index is 12.8. The first-order chi connectivity index (χ1) is 25.3. The summed E-state index contributed by atoms with van der Waals surface area (Å²) in [5.74, 6) is -0.312. The minimum absolute atomic E-state index is 0.0281. The van der Waals surface area contributed by atoms with Crippen molar-refractivity contribution in [3.63, 3.8) is 0 Å². The standard InChI is InChI=1S/C20H23N5O3.C19H21N5O2/c1-10-12-8-7-11-15(20(12,4)9-13(21-5)14(10)26)23-24(6)16(11)25-17(27)19(2,3)22-18(25)28;1-11-14-7-6-13-16(12-9-22(4)24(26)10-12)23(5)21-18(13)19(14,2)8-15(20-3)17(11)25/h9-10,12H,7-8H2,1-4,6H3,(H,22,28);8-11,14H,6-7H2,1-2,4-5H3/t10-,12-,20-;11-,14-,19-/m00/s1. The lowest BCUT2D eigenvalue weighted by molar-refractivity contribution is -0.691. The third-order valence-corrected chi connectivity index (χ3v) is 12.6. The molecule has 4 aliphatic carbocycles. The van der Waals surface area contributed by atoms with Gasteiger partial charge in [0.2, 0.25) is 17.6 Å². The second-order valence-electron chi connectivity index (χ2n) is 16.3. The number of aryl methyl sites for hydroxylation is 3. The largest absolute Gasteiger partial charge is 0.596 e. The second kappa shape index (κ2) is 12.1. The lowest BCUT2D eigenvalue weighted by Gasteiger charge is -2.44. The number of rotatable bonds is 2. The minimum atomic E-state index is -0.974. The number of fused-ring (bicyclic) bond motifs is 6. The number of hydrogen-bond acceptors (Lipinski definition) is 7. The predicted octanol–water partition coefficient (Wildman–Crippen LogP) is 4.00. The molecule has 3 aromatic rings. The summed E-state index contributed by atoms with van der Waals surface area (Å²) < 4.78 is 4.88. The highest BCUT2D eigenvalue weighted by molar-refractivity contribution is 6.23. The van der Waals surface area contributed by atoms with Gasteiger partial charge in [-0.3, -0.25) is 14.2 Å². The molecule has 280 valence electrons. The quantitative estimate of drug-likeness (QED) is 0.181. The average Bonchev–Trinajstić information content (AvgIpc) is 3.80. The van der Waals surface area contributed by atoms with Crippen molar-refractivity contribution >= 4 is 29.3 Å². The molecule has 1 N–H and O–H groups in total. The number of carbonyl (C=O) groups is 4. The molecule has 1 saturated heterocycles. The number of imide groups is 1. The SMILES string of the molecule is [C-]#[N+]C1=C[C@]2(C)c3nn(C)c(-c4cn(C)[n+]([O-])c4)c3CC[C@H]2[C@H](C)C1=O.[C-]#[N+]C1=C[C@]2(C)c3nn(C)c(N4C(=O)NC(C)(C)C4=O)c3CC[C@H]2[C@H](C)C1=O. The van der Waals surface area contributed by atoms with E-state index < -0.39 is 22.4 Å². The number of carbonyl (C=O) groups excluding carboxylic acids is 4. The number of nitrogens with one attached hydrogen (secondary N) is 1. The number of amides is 3. The molecule has 0 radical (unpaired) electrons. The maximum absolute atomic E-state index is 12.8. The molecule has 8 rings (SSSR count). The first-order valence-electron chi connectivity index (χ1n) is 18.1. The second-order valence-corrected chi connectivity index (χ2v) is 16.3. The lowest BCUT2D eigenvalue weighted by Crippen LogP contribution is -2.45. The normalized spacial score (nSPS) is 29.4. The molecule has 1 fully saturated rings. The summed E-state index contributed by atoms with van der Waals surface area (Å²) in [4.78, 5) is 59.2. The summed E-state index contributed by atoms with van der Waals surface area (Å²) in [7, 11) is 5.30. The third kappa shape index (κ3) is 5.01. The van der Waals surface area contributed by atoms with Gasteiger partial charge in [-0.2, -0.15) is 14.9 Å². The van der Waals surface area contributed by atoms with E-state index in [1.165, 1.54) is 9.58 Å². The Morgan fingerprint density at radius 3 is 1.80 bits per heavy atom. The Kier molecular flexibility index (Phi) is 8.18. The van der Waals surface area contributed by atoms with Crippen molar-refractivity contribution in [1.29, 1.82) is 0 Å². The molecular weight excluding hydrogens is 688 g/mol. The van der Waals surface area contributed by atoms with E-state index in [2.05, 4.69) is 27.0 Å². The Hall–Kier alpha value is -5.83. The van der Waals surface area contributed by atoms with Crippen LogP contribution >= 0.6 is 0 Å². The molecule has 0 bridgehead atoms. The molecule has 0 spiro atoms. The van der Waals surface area contributed by atoms with Crippen molar-refractivity contribution < 1.29 is 24.0 Å². The Morgan fingerprint density at radius 1 is 0.833 bits per heavy atom. The number of ketones is 2. The molecule has 15 nitrogen and oxygen atoms in total. The van der Waals surface area contributed by atoms with Crippen molar-refractivity contribution in [3.05, 3.63) is 86.5 Å². The fourth-order valence-corrected chi connectivity index (χ4v) is 9.82. The van der Waals surface area contributed by atoms with Crippen molar-refractivity contribution in [2.45, 2.75) is 83.6 Å². The van der Waals surface area contributed by atoms with E-state index in [0.717, 1.165) is 57.9 Å². The van der Waals surface area contributed by atoms with Crippen LogP contribution in [-0.4, -0.2) is 53.3 Å². The van der Waals surface area contributed by atoms with Gasteiger partial charge in [0.15, 0.2) is 11.6 Å². The van der Waals surface area contributed by atoms with Crippen molar-refractivity contribution in [3.8, 4) is 11.3 Å². The zero-order chi connectivity index (χ0) is 39.4. The van der Waals surface area contributed by atoms with E-state index in [9.17, 15) is 24.4 Å². The Balaban J connectivity index is 0.000000167. The van der Waals surface area contributed by atoms with E-state index in [0.29, 0.717) is 12.2 Å². The minimum Gasteiger partial charge on any atom is -0.596 e. The Labute approximate surface area is 313 Å². The van der Waals surface area contributed by atoms with Crippen LogP contribution in [-0.2, 0) is 59.2 Å². The molecule has 5 aliphatic rings. The number of anilines is 1. The summed E-state index contributed by atoms with van der Waals surface area (Å²) in [6.07, 6.45) is 9.93. The van der Waals surface area contributed by atoms with Gasteiger partial charge in [-0.05, 0) is 51.4 Å². The topological polar surface area (TPSA) is 160 Å². The van der Waals surface area contributed by atoms with Gasteiger partial charge < -0.3 is 20.1 Å². The molecule has 0 saturated carbocycles. The van der Waals surface area contributed by atoms with Gasteiger partial charge in [-0.15, -0.1) is 0 Å². The van der Waals surface area contributed by atoms with Crippen LogP contribution in [0.2, 0.25) is 0 Å². The summed E-state index contributed by atoms with van der Waals surface area (Å²) in [6, 6.07) is -0.461. The van der Waals surface area contributed by atoms with Gasteiger partial charge in [0.05, 0.1) is 49.0 Å². The van der Waals surface area contributed by atoms with Gasteiger partial charge >= 0.3 is 6.03 Å². The summed E-state index contributed by atoms with van der Waals surface area (Å²) in [5, 5.41) is 24.0.